The summed E-state index contributed by atoms with van der Waals surface area (Å²) in [7, 11) is 0. The molecule has 0 fully saturated rings. The van der Waals surface area contributed by atoms with Crippen LogP contribution in [0.4, 0.5) is 0 Å². The molecule has 114 valence electrons. The Morgan fingerprint density at radius 2 is 1.90 bits per heavy atom. The van der Waals surface area contributed by atoms with Gasteiger partial charge in [0.05, 0.1) is 6.61 Å². The molecule has 0 aromatic heterocycles. The quantitative estimate of drug-likeness (QED) is 0.750. The highest BCUT2D eigenvalue weighted by Gasteiger charge is 2.14. The number of rotatable bonds is 7. The molecule has 0 saturated heterocycles. The first-order chi connectivity index (χ1) is 9.30. The molecule has 1 aromatic carbocycles. The lowest BCUT2D eigenvalue weighted by Gasteiger charge is -2.20. The number of aryl methyl sites for hydroxylation is 1. The van der Waals surface area contributed by atoms with E-state index in [9.17, 15) is 0 Å². The molecule has 0 aliphatic heterocycles. The topological polar surface area (TPSA) is 21.3 Å². The van der Waals surface area contributed by atoms with Crippen LogP contribution in [-0.4, -0.2) is 19.7 Å². The van der Waals surface area contributed by atoms with E-state index in [0.29, 0.717) is 5.92 Å². The SMILES string of the molecule is Cc1cc(C(C)(C)C)ccc1OCCCNCC(C)C. The molecule has 0 spiro atoms. The van der Waals surface area contributed by atoms with E-state index in [1.807, 2.05) is 0 Å². The van der Waals surface area contributed by atoms with Crippen LogP contribution in [0, 0.1) is 12.8 Å². The molecular weight excluding hydrogens is 246 g/mol. The Morgan fingerprint density at radius 3 is 2.45 bits per heavy atom. The first-order valence-corrected chi connectivity index (χ1v) is 7.75. The van der Waals surface area contributed by atoms with Gasteiger partial charge in [0.15, 0.2) is 0 Å². The second-order valence-electron chi connectivity index (χ2n) is 7.03. The largest absolute Gasteiger partial charge is 0.493 e. The van der Waals surface area contributed by atoms with E-state index in [-0.39, 0.29) is 5.41 Å². The van der Waals surface area contributed by atoms with Crippen LogP contribution in [0.15, 0.2) is 18.2 Å². The van der Waals surface area contributed by atoms with Gasteiger partial charge in [0.1, 0.15) is 5.75 Å². The molecule has 0 aliphatic carbocycles. The number of benzene rings is 1. The Morgan fingerprint density at radius 1 is 1.20 bits per heavy atom. The highest BCUT2D eigenvalue weighted by Crippen LogP contribution is 2.27. The van der Waals surface area contributed by atoms with Gasteiger partial charge in [-0.3, -0.25) is 0 Å². The van der Waals surface area contributed by atoms with E-state index in [1.54, 1.807) is 0 Å². The van der Waals surface area contributed by atoms with E-state index in [0.717, 1.165) is 31.9 Å². The molecule has 20 heavy (non-hydrogen) atoms. The molecule has 1 aromatic rings. The van der Waals surface area contributed by atoms with E-state index in [2.05, 4.69) is 65.1 Å². The second-order valence-corrected chi connectivity index (χ2v) is 7.03. The maximum absolute atomic E-state index is 5.87. The van der Waals surface area contributed by atoms with E-state index >= 15 is 0 Å². The van der Waals surface area contributed by atoms with Gasteiger partial charge in [-0.2, -0.15) is 0 Å². The maximum Gasteiger partial charge on any atom is 0.122 e. The van der Waals surface area contributed by atoms with Crippen molar-refractivity contribution >= 4 is 0 Å². The lowest BCUT2D eigenvalue weighted by molar-refractivity contribution is 0.305. The van der Waals surface area contributed by atoms with Crippen molar-refractivity contribution in [2.75, 3.05) is 19.7 Å². The lowest BCUT2D eigenvalue weighted by atomic mass is 9.86. The average molecular weight is 277 g/mol. The predicted octanol–water partition coefficient (Wildman–Crippen LogP) is 4.31. The third kappa shape index (κ3) is 5.96. The van der Waals surface area contributed by atoms with Crippen molar-refractivity contribution in [2.24, 2.45) is 5.92 Å². The van der Waals surface area contributed by atoms with Crippen LogP contribution < -0.4 is 10.1 Å². The Kier molecular flexibility index (Phi) is 6.54. The summed E-state index contributed by atoms with van der Waals surface area (Å²) in [6.07, 6.45) is 1.05. The average Bonchev–Trinajstić information content (AvgIpc) is 2.33. The zero-order valence-corrected chi connectivity index (χ0v) is 14.0. The summed E-state index contributed by atoms with van der Waals surface area (Å²) < 4.78 is 5.87. The van der Waals surface area contributed by atoms with Crippen LogP contribution in [0.5, 0.6) is 5.75 Å². The van der Waals surface area contributed by atoms with Gasteiger partial charge in [-0.15, -0.1) is 0 Å². The van der Waals surface area contributed by atoms with Crippen molar-refractivity contribution in [3.63, 3.8) is 0 Å². The molecule has 2 nitrogen and oxygen atoms in total. The van der Waals surface area contributed by atoms with Crippen molar-refractivity contribution in [3.05, 3.63) is 29.3 Å². The van der Waals surface area contributed by atoms with Crippen molar-refractivity contribution in [1.82, 2.24) is 5.32 Å². The highest BCUT2D eigenvalue weighted by atomic mass is 16.5. The predicted molar refractivity (Wildman–Crippen MR) is 87.7 cm³/mol. The number of hydrogen-bond acceptors (Lipinski definition) is 2. The molecule has 0 atom stereocenters. The fraction of sp³-hybridized carbons (Fsp3) is 0.667. The van der Waals surface area contributed by atoms with E-state index < -0.39 is 0 Å². The second kappa shape index (κ2) is 7.68. The smallest absolute Gasteiger partial charge is 0.122 e. The van der Waals surface area contributed by atoms with Crippen LogP contribution in [0.25, 0.3) is 0 Å². The molecule has 1 rings (SSSR count). The minimum atomic E-state index is 0.198. The van der Waals surface area contributed by atoms with Gasteiger partial charge < -0.3 is 10.1 Å². The lowest BCUT2D eigenvalue weighted by Crippen LogP contribution is -2.22. The molecule has 2 heteroatoms. The van der Waals surface area contributed by atoms with Gasteiger partial charge in [0.2, 0.25) is 0 Å². The Bertz CT molecular complexity index is 404. The van der Waals surface area contributed by atoms with Crippen molar-refractivity contribution in [1.29, 1.82) is 0 Å². The number of nitrogens with one attached hydrogen (secondary N) is 1. The third-order valence-electron chi connectivity index (χ3n) is 3.35. The highest BCUT2D eigenvalue weighted by molar-refractivity contribution is 5.38. The summed E-state index contributed by atoms with van der Waals surface area (Å²) in [4.78, 5) is 0. The van der Waals surface area contributed by atoms with E-state index in [4.69, 9.17) is 4.74 Å². The monoisotopic (exact) mass is 277 g/mol. The number of hydrogen-bond donors (Lipinski definition) is 1. The maximum atomic E-state index is 5.87. The number of ether oxygens (including phenoxy) is 1. The van der Waals surface area contributed by atoms with Gasteiger partial charge in [-0.1, -0.05) is 46.8 Å². The zero-order valence-electron chi connectivity index (χ0n) is 14.0. The van der Waals surface area contributed by atoms with Crippen LogP contribution in [0.3, 0.4) is 0 Å². The first-order valence-electron chi connectivity index (χ1n) is 7.75. The Labute approximate surface area is 124 Å². The van der Waals surface area contributed by atoms with Crippen LogP contribution in [-0.2, 0) is 5.41 Å². The van der Waals surface area contributed by atoms with Crippen molar-refractivity contribution in [3.8, 4) is 5.75 Å². The van der Waals surface area contributed by atoms with Crippen molar-refractivity contribution in [2.45, 2.75) is 53.4 Å². The summed E-state index contributed by atoms with van der Waals surface area (Å²) in [5.74, 6) is 1.73. The summed E-state index contributed by atoms with van der Waals surface area (Å²) in [6, 6.07) is 6.53. The minimum Gasteiger partial charge on any atom is -0.493 e. The van der Waals surface area contributed by atoms with Crippen molar-refractivity contribution < 1.29 is 4.74 Å². The van der Waals surface area contributed by atoms with Gasteiger partial charge in [0, 0.05) is 0 Å². The van der Waals surface area contributed by atoms with Gasteiger partial charge in [-0.05, 0) is 55.0 Å². The normalized spacial score (nSPS) is 11.9. The molecule has 0 heterocycles. The first kappa shape index (κ1) is 17.0. The van der Waals surface area contributed by atoms with Gasteiger partial charge in [0.25, 0.3) is 0 Å². The fourth-order valence-corrected chi connectivity index (χ4v) is 2.05. The zero-order chi connectivity index (χ0) is 15.2. The Hall–Kier alpha value is -1.02. The summed E-state index contributed by atoms with van der Waals surface area (Å²) in [5, 5.41) is 3.43. The van der Waals surface area contributed by atoms with Gasteiger partial charge >= 0.3 is 0 Å². The standard InChI is InChI=1S/C18H31NO/c1-14(2)13-19-10-7-11-20-17-9-8-16(12-15(17)3)18(4,5)6/h8-9,12,14,19H,7,10-11,13H2,1-6H3. The molecule has 0 unspecified atom stereocenters. The Balaban J connectivity index is 2.38. The van der Waals surface area contributed by atoms with Gasteiger partial charge in [-0.25, -0.2) is 0 Å². The summed E-state index contributed by atoms with van der Waals surface area (Å²) in [5.41, 5.74) is 2.79. The third-order valence-corrected chi connectivity index (χ3v) is 3.35. The fourth-order valence-electron chi connectivity index (χ4n) is 2.05. The van der Waals surface area contributed by atoms with Crippen LogP contribution >= 0.6 is 0 Å². The molecule has 0 radical (unpaired) electrons. The molecule has 0 amide bonds. The molecule has 1 N–H and O–H groups in total. The molecule has 0 aliphatic rings. The summed E-state index contributed by atoms with van der Waals surface area (Å²) >= 11 is 0. The molecule has 0 bridgehead atoms. The molecular formula is C18H31NO. The van der Waals surface area contributed by atoms with E-state index in [1.165, 1.54) is 11.1 Å². The van der Waals surface area contributed by atoms with Crippen LogP contribution in [0.2, 0.25) is 0 Å². The molecule has 0 saturated carbocycles. The summed E-state index contributed by atoms with van der Waals surface area (Å²) in [6.45, 7) is 16.2. The van der Waals surface area contributed by atoms with Crippen LogP contribution in [0.1, 0.15) is 52.2 Å². The minimum absolute atomic E-state index is 0.198.